The molecule has 3 aromatic heterocycles. The fourth-order valence-corrected chi connectivity index (χ4v) is 4.43. The number of fused-ring (bicyclic) bond motifs is 3. The van der Waals surface area contributed by atoms with Crippen molar-refractivity contribution in [1.29, 1.82) is 0 Å². The number of rotatable bonds is 6. The fraction of sp³-hybridized carbons (Fsp3) is 0.280. The third kappa shape index (κ3) is 4.65. The molecule has 0 unspecified atom stereocenters. The monoisotopic (exact) mass is 466 g/mol. The van der Waals surface area contributed by atoms with Crippen LogP contribution < -0.4 is 10.3 Å². The summed E-state index contributed by atoms with van der Waals surface area (Å²) < 4.78 is 22.4. The molecule has 0 amide bonds. The quantitative estimate of drug-likeness (QED) is 0.426. The Morgan fingerprint density at radius 1 is 1.06 bits per heavy atom. The van der Waals surface area contributed by atoms with Crippen LogP contribution in [0.1, 0.15) is 11.4 Å². The molecule has 4 heterocycles. The van der Waals surface area contributed by atoms with E-state index in [0.717, 1.165) is 48.3 Å². The van der Waals surface area contributed by atoms with Gasteiger partial charge in [0, 0.05) is 73.3 Å². The van der Waals surface area contributed by atoms with E-state index in [2.05, 4.69) is 26.6 Å². The van der Waals surface area contributed by atoms with Gasteiger partial charge in [0.25, 0.3) is 5.56 Å². The molecule has 0 aliphatic carbocycles. The van der Waals surface area contributed by atoms with Gasteiger partial charge in [-0.1, -0.05) is 11.6 Å². The third-order valence-electron chi connectivity index (χ3n) is 6.04. The lowest BCUT2D eigenvalue weighted by molar-refractivity contribution is 0.253. The summed E-state index contributed by atoms with van der Waals surface area (Å²) in [6.45, 7) is 2.98. The van der Waals surface area contributed by atoms with E-state index in [-0.39, 0.29) is 18.8 Å². The van der Waals surface area contributed by atoms with Crippen molar-refractivity contribution in [3.05, 3.63) is 87.7 Å². The highest BCUT2D eigenvalue weighted by Crippen LogP contribution is 2.25. The lowest BCUT2D eigenvalue weighted by Crippen LogP contribution is -2.29. The molecule has 170 valence electrons. The highest BCUT2D eigenvalue weighted by atomic mass is 35.5. The normalized spacial score (nSPS) is 14.2. The Hall–Kier alpha value is -3.16. The van der Waals surface area contributed by atoms with Crippen molar-refractivity contribution in [3.8, 4) is 11.4 Å². The second-order valence-corrected chi connectivity index (χ2v) is 8.57. The van der Waals surface area contributed by atoms with Crippen molar-refractivity contribution in [3.63, 3.8) is 0 Å². The number of aromatic nitrogens is 3. The lowest BCUT2D eigenvalue weighted by Gasteiger charge is -2.17. The minimum atomic E-state index is -0.310. The smallest absolute Gasteiger partial charge is 0.258 e. The first-order valence-corrected chi connectivity index (χ1v) is 11.4. The summed E-state index contributed by atoms with van der Waals surface area (Å²) in [6.07, 6.45) is 4.18. The molecule has 0 saturated carbocycles. The van der Waals surface area contributed by atoms with Crippen molar-refractivity contribution < 1.29 is 9.13 Å². The Balaban J connectivity index is 1.35. The Labute approximate surface area is 195 Å². The zero-order valence-electron chi connectivity index (χ0n) is 18.1. The van der Waals surface area contributed by atoms with E-state index in [4.69, 9.17) is 16.3 Å². The summed E-state index contributed by atoms with van der Waals surface area (Å²) in [5, 5.41) is 1.67. The Bertz CT molecular complexity index is 1330. The van der Waals surface area contributed by atoms with Crippen LogP contribution in [0.4, 0.5) is 4.39 Å². The maximum atomic E-state index is 12.8. The zero-order valence-corrected chi connectivity index (χ0v) is 18.8. The lowest BCUT2D eigenvalue weighted by atomic mass is 10.2. The van der Waals surface area contributed by atoms with Gasteiger partial charge in [-0.25, -0.2) is 4.39 Å². The molecule has 4 aromatic rings. The first-order chi connectivity index (χ1) is 16.1. The largest absolute Gasteiger partial charge is 0.487 e. The van der Waals surface area contributed by atoms with Crippen LogP contribution >= 0.6 is 11.6 Å². The third-order valence-corrected chi connectivity index (χ3v) is 6.26. The molecule has 6 nitrogen and oxygen atoms in total. The molecule has 0 atom stereocenters. The van der Waals surface area contributed by atoms with Gasteiger partial charge in [0.1, 0.15) is 19.0 Å². The number of hydrogen-bond donors (Lipinski definition) is 0. The van der Waals surface area contributed by atoms with Crippen LogP contribution in [0.25, 0.3) is 16.6 Å². The second kappa shape index (κ2) is 9.37. The Kier molecular flexibility index (Phi) is 6.15. The predicted molar refractivity (Wildman–Crippen MR) is 127 cm³/mol. The van der Waals surface area contributed by atoms with E-state index >= 15 is 0 Å². The number of benzene rings is 1. The molecule has 0 spiro atoms. The molecule has 0 fully saturated rings. The summed E-state index contributed by atoms with van der Waals surface area (Å²) in [5.74, 6) is 0.488. The van der Waals surface area contributed by atoms with E-state index in [1.165, 1.54) is 11.8 Å². The van der Waals surface area contributed by atoms with Crippen molar-refractivity contribution in [2.45, 2.75) is 19.6 Å². The number of pyridine rings is 2. The summed E-state index contributed by atoms with van der Waals surface area (Å²) in [4.78, 5) is 19.1. The summed E-state index contributed by atoms with van der Waals surface area (Å²) in [7, 11) is 0. The first-order valence-electron chi connectivity index (χ1n) is 11.0. The second-order valence-electron chi connectivity index (χ2n) is 8.14. The highest BCUT2D eigenvalue weighted by Gasteiger charge is 2.16. The first kappa shape index (κ1) is 21.7. The van der Waals surface area contributed by atoms with Crippen molar-refractivity contribution in [1.82, 2.24) is 19.0 Å². The van der Waals surface area contributed by atoms with Crippen molar-refractivity contribution in [2.75, 3.05) is 26.3 Å². The van der Waals surface area contributed by atoms with Gasteiger partial charge in [-0.2, -0.15) is 0 Å². The molecule has 33 heavy (non-hydrogen) atoms. The van der Waals surface area contributed by atoms with Crippen LogP contribution in [-0.4, -0.2) is 45.3 Å². The van der Waals surface area contributed by atoms with Gasteiger partial charge in [0.2, 0.25) is 0 Å². The van der Waals surface area contributed by atoms with E-state index in [9.17, 15) is 9.18 Å². The maximum Gasteiger partial charge on any atom is 0.258 e. The molecule has 0 saturated heterocycles. The number of halogens is 2. The molecule has 5 rings (SSSR count). The molecule has 1 aliphatic rings. The average Bonchev–Trinajstić information content (AvgIpc) is 3.05. The predicted octanol–water partition coefficient (Wildman–Crippen LogP) is 4.25. The molecular weight excluding hydrogens is 443 g/mol. The van der Waals surface area contributed by atoms with Gasteiger partial charge in [0.05, 0.1) is 10.7 Å². The van der Waals surface area contributed by atoms with E-state index in [1.807, 2.05) is 12.1 Å². The van der Waals surface area contributed by atoms with Crippen LogP contribution in [0, 0.1) is 0 Å². The van der Waals surface area contributed by atoms with E-state index < -0.39 is 0 Å². The Morgan fingerprint density at radius 3 is 2.76 bits per heavy atom. The van der Waals surface area contributed by atoms with Crippen molar-refractivity contribution >= 4 is 22.5 Å². The highest BCUT2D eigenvalue weighted by molar-refractivity contribution is 6.30. The van der Waals surface area contributed by atoms with Crippen molar-refractivity contribution in [2.24, 2.45) is 0 Å². The SMILES string of the molecule is O=c1cc(OCc2ccc(Cl)cn2)ccn1-c1ccc2c(c1)cc1n2CCN(CCF)CC1. The van der Waals surface area contributed by atoms with Crippen LogP contribution in [0.2, 0.25) is 5.02 Å². The number of ether oxygens (including phenoxy) is 1. The molecule has 0 N–H and O–H groups in total. The fourth-order valence-electron chi connectivity index (χ4n) is 4.32. The summed E-state index contributed by atoms with van der Waals surface area (Å²) in [5.41, 5.74) is 3.75. The molecule has 1 aromatic carbocycles. The summed E-state index contributed by atoms with van der Waals surface area (Å²) in [6, 6.07) is 15.0. The van der Waals surface area contributed by atoms with Gasteiger partial charge in [-0.3, -0.25) is 19.2 Å². The standard InChI is InChI=1S/C25H24ClFN4O2/c26-19-1-2-20(28-16-19)17-33-23-6-9-31(25(32)15-23)21-3-4-24-18(13-21)14-22-5-8-29(10-7-27)11-12-30(22)24/h1-4,6,9,13-16H,5,7-8,10-12,17H2. The zero-order chi connectivity index (χ0) is 22.8. The topological polar surface area (TPSA) is 52.3 Å². The number of nitrogens with zero attached hydrogens (tertiary/aromatic N) is 4. The number of alkyl halides is 1. The van der Waals surface area contributed by atoms with Gasteiger partial charge in [-0.15, -0.1) is 0 Å². The maximum absolute atomic E-state index is 12.8. The van der Waals surface area contributed by atoms with E-state index in [1.54, 1.807) is 35.2 Å². The molecule has 1 aliphatic heterocycles. The number of hydrogen-bond acceptors (Lipinski definition) is 4. The van der Waals surface area contributed by atoms with E-state index in [0.29, 0.717) is 17.3 Å². The minimum Gasteiger partial charge on any atom is -0.487 e. The molecule has 0 radical (unpaired) electrons. The summed E-state index contributed by atoms with van der Waals surface area (Å²) >= 11 is 5.85. The van der Waals surface area contributed by atoms with Crippen LogP contribution in [-0.2, 0) is 19.6 Å². The van der Waals surface area contributed by atoms with Crippen LogP contribution in [0.5, 0.6) is 5.75 Å². The van der Waals surface area contributed by atoms with Gasteiger partial charge in [0.15, 0.2) is 0 Å². The molecule has 8 heteroatoms. The van der Waals surface area contributed by atoms with Crippen LogP contribution in [0.3, 0.4) is 0 Å². The molecular formula is C25H24ClFN4O2. The molecule has 0 bridgehead atoms. The van der Waals surface area contributed by atoms with Crippen LogP contribution in [0.15, 0.2) is 65.7 Å². The minimum absolute atomic E-state index is 0.168. The van der Waals surface area contributed by atoms with Gasteiger partial charge >= 0.3 is 0 Å². The van der Waals surface area contributed by atoms with Gasteiger partial charge < -0.3 is 9.30 Å². The Morgan fingerprint density at radius 2 is 1.97 bits per heavy atom. The van der Waals surface area contributed by atoms with Gasteiger partial charge in [-0.05, 0) is 42.5 Å². The average molecular weight is 467 g/mol.